The molecule has 19 heavy (non-hydrogen) atoms. The first-order valence-electron chi connectivity index (χ1n) is 6.96. The monoisotopic (exact) mass is 324 g/mol. The number of nitrogens with zero attached hydrogens (tertiary/aromatic N) is 3. The fourth-order valence-electron chi connectivity index (χ4n) is 2.51. The lowest BCUT2D eigenvalue weighted by Crippen LogP contribution is -2.12. The molecule has 0 amide bonds. The van der Waals surface area contributed by atoms with Gasteiger partial charge in [-0.25, -0.2) is 9.97 Å². The van der Waals surface area contributed by atoms with Gasteiger partial charge in [0.1, 0.15) is 5.52 Å². The van der Waals surface area contributed by atoms with Crippen molar-refractivity contribution in [2.45, 2.75) is 52.0 Å². The van der Waals surface area contributed by atoms with Gasteiger partial charge in [0.25, 0.3) is 0 Å². The van der Waals surface area contributed by atoms with Gasteiger partial charge in [-0.05, 0) is 34.8 Å². The molecule has 0 aliphatic carbocycles. The van der Waals surface area contributed by atoms with Crippen LogP contribution in [0, 0.1) is 0 Å². The summed E-state index contributed by atoms with van der Waals surface area (Å²) in [5, 5.41) is 0. The second-order valence-corrected chi connectivity index (χ2v) is 5.84. The molecule has 2 aromatic heterocycles. The number of imidazole rings is 1. The van der Waals surface area contributed by atoms with Gasteiger partial charge in [0.05, 0.1) is 0 Å². The van der Waals surface area contributed by atoms with E-state index in [0.717, 1.165) is 34.9 Å². The minimum atomic E-state index is 0.406. The Morgan fingerprint density at radius 3 is 2.79 bits per heavy atom. The smallest absolute Gasteiger partial charge is 0.202 e. The number of nitrogens with two attached hydrogens (primary N) is 1. The maximum absolute atomic E-state index is 6.10. The Morgan fingerprint density at radius 1 is 1.32 bits per heavy atom. The number of rotatable bonds is 6. The summed E-state index contributed by atoms with van der Waals surface area (Å²) in [7, 11) is 0. The van der Waals surface area contributed by atoms with Gasteiger partial charge in [0, 0.05) is 16.7 Å². The third kappa shape index (κ3) is 3.08. The molecule has 104 valence electrons. The van der Waals surface area contributed by atoms with Gasteiger partial charge < -0.3 is 5.73 Å². The minimum Gasteiger partial charge on any atom is -0.369 e. The maximum atomic E-state index is 6.10. The van der Waals surface area contributed by atoms with Crippen LogP contribution in [0.1, 0.15) is 52.0 Å². The van der Waals surface area contributed by atoms with Crippen molar-refractivity contribution >= 4 is 33.0 Å². The van der Waals surface area contributed by atoms with Crippen molar-refractivity contribution < 1.29 is 0 Å². The Kier molecular flexibility index (Phi) is 4.80. The predicted molar refractivity (Wildman–Crippen MR) is 83.1 cm³/mol. The summed E-state index contributed by atoms with van der Waals surface area (Å²) in [5.41, 5.74) is 7.87. The van der Waals surface area contributed by atoms with E-state index in [1.54, 1.807) is 0 Å². The molecule has 0 aliphatic heterocycles. The largest absolute Gasteiger partial charge is 0.369 e. The number of nitrogen functional groups attached to an aromatic ring is 1. The molecule has 2 N–H and O–H groups in total. The Bertz CT molecular complexity index is 550. The Hall–Kier alpha value is -1.10. The highest BCUT2D eigenvalue weighted by Crippen LogP contribution is 2.29. The molecule has 0 spiro atoms. The summed E-state index contributed by atoms with van der Waals surface area (Å²) in [6.45, 7) is 4.42. The molecule has 5 heteroatoms. The molecule has 0 radical (unpaired) electrons. The average Bonchev–Trinajstić information content (AvgIpc) is 2.69. The highest BCUT2D eigenvalue weighted by Gasteiger charge is 2.17. The summed E-state index contributed by atoms with van der Waals surface area (Å²) in [6, 6.07) is 2.38. The van der Waals surface area contributed by atoms with Crippen molar-refractivity contribution in [3.8, 4) is 0 Å². The standard InChI is InChI=1S/C14H21BrN4/c1-3-5-7-11(6-4-2)19-13-12(18-14(19)16)8-10(15)9-17-13/h8-9,11H,3-7H2,1-2H3,(H2,16,18). The molecule has 0 saturated heterocycles. The first-order chi connectivity index (χ1) is 9.17. The molecule has 2 heterocycles. The van der Waals surface area contributed by atoms with E-state index in [-0.39, 0.29) is 0 Å². The van der Waals surface area contributed by atoms with Gasteiger partial charge in [-0.15, -0.1) is 0 Å². The van der Waals surface area contributed by atoms with Crippen molar-refractivity contribution in [1.29, 1.82) is 0 Å². The van der Waals surface area contributed by atoms with Crippen LogP contribution in [0.5, 0.6) is 0 Å². The normalized spacial score (nSPS) is 13.0. The van der Waals surface area contributed by atoms with Crippen molar-refractivity contribution in [3.05, 3.63) is 16.7 Å². The van der Waals surface area contributed by atoms with E-state index in [9.17, 15) is 0 Å². The van der Waals surface area contributed by atoms with Crippen molar-refractivity contribution in [1.82, 2.24) is 14.5 Å². The second-order valence-electron chi connectivity index (χ2n) is 4.92. The van der Waals surface area contributed by atoms with E-state index < -0.39 is 0 Å². The number of halogens is 1. The first kappa shape index (κ1) is 14.3. The SMILES string of the molecule is CCCCC(CCC)n1c(N)nc2cc(Br)cnc21. The van der Waals surface area contributed by atoms with Gasteiger partial charge in [0.2, 0.25) is 5.95 Å². The number of fused-ring (bicyclic) bond motifs is 1. The molecule has 2 rings (SSSR count). The Morgan fingerprint density at radius 2 is 2.11 bits per heavy atom. The lowest BCUT2D eigenvalue weighted by atomic mass is 10.0. The van der Waals surface area contributed by atoms with Gasteiger partial charge in [-0.3, -0.25) is 4.57 Å². The third-order valence-corrected chi connectivity index (χ3v) is 3.84. The topological polar surface area (TPSA) is 56.7 Å². The van der Waals surface area contributed by atoms with E-state index in [0.29, 0.717) is 12.0 Å². The van der Waals surface area contributed by atoms with E-state index in [1.807, 2.05) is 12.3 Å². The van der Waals surface area contributed by atoms with Crippen LogP contribution in [0.2, 0.25) is 0 Å². The average molecular weight is 325 g/mol. The summed E-state index contributed by atoms with van der Waals surface area (Å²) in [5.74, 6) is 0.579. The number of unbranched alkanes of at least 4 members (excludes halogenated alkanes) is 1. The Balaban J connectivity index is 2.42. The quantitative estimate of drug-likeness (QED) is 0.861. The summed E-state index contributed by atoms with van der Waals surface area (Å²) < 4.78 is 3.05. The van der Waals surface area contributed by atoms with E-state index in [4.69, 9.17) is 5.73 Å². The summed E-state index contributed by atoms with van der Waals surface area (Å²) >= 11 is 3.42. The van der Waals surface area contributed by atoms with Crippen LogP contribution in [0.3, 0.4) is 0 Å². The van der Waals surface area contributed by atoms with E-state index in [2.05, 4.69) is 44.3 Å². The van der Waals surface area contributed by atoms with Crippen LogP contribution < -0.4 is 5.73 Å². The number of anilines is 1. The van der Waals surface area contributed by atoms with Gasteiger partial charge >= 0.3 is 0 Å². The van der Waals surface area contributed by atoms with Crippen LogP contribution >= 0.6 is 15.9 Å². The van der Waals surface area contributed by atoms with Crippen molar-refractivity contribution in [2.24, 2.45) is 0 Å². The van der Waals surface area contributed by atoms with E-state index in [1.165, 1.54) is 12.8 Å². The first-order valence-corrected chi connectivity index (χ1v) is 7.75. The zero-order valence-corrected chi connectivity index (χ0v) is 13.2. The molecule has 1 unspecified atom stereocenters. The van der Waals surface area contributed by atoms with Crippen LogP contribution in [0.4, 0.5) is 5.95 Å². The second kappa shape index (κ2) is 6.37. The minimum absolute atomic E-state index is 0.406. The molecule has 0 bridgehead atoms. The number of pyridine rings is 1. The highest BCUT2D eigenvalue weighted by atomic mass is 79.9. The molecular weight excluding hydrogens is 304 g/mol. The summed E-state index contributed by atoms with van der Waals surface area (Å²) in [6.07, 6.45) is 7.62. The molecule has 2 aromatic rings. The zero-order valence-electron chi connectivity index (χ0n) is 11.6. The van der Waals surface area contributed by atoms with Gasteiger partial charge in [0.15, 0.2) is 5.65 Å². The van der Waals surface area contributed by atoms with Crippen LogP contribution in [0.25, 0.3) is 11.2 Å². The fraction of sp³-hybridized carbons (Fsp3) is 0.571. The fourth-order valence-corrected chi connectivity index (χ4v) is 2.83. The molecule has 1 atom stereocenters. The molecule has 4 nitrogen and oxygen atoms in total. The van der Waals surface area contributed by atoms with Gasteiger partial charge in [-0.1, -0.05) is 33.1 Å². The number of hydrogen-bond acceptors (Lipinski definition) is 3. The molecule has 0 fully saturated rings. The molecular formula is C14H21BrN4. The number of hydrogen-bond donors (Lipinski definition) is 1. The Labute approximate surface area is 122 Å². The zero-order chi connectivity index (χ0) is 13.8. The predicted octanol–water partition coefficient (Wildman–Crippen LogP) is 4.31. The highest BCUT2D eigenvalue weighted by molar-refractivity contribution is 9.10. The molecule has 0 aromatic carbocycles. The third-order valence-electron chi connectivity index (χ3n) is 3.40. The molecule has 0 aliphatic rings. The van der Waals surface area contributed by atoms with Crippen LogP contribution in [-0.2, 0) is 0 Å². The van der Waals surface area contributed by atoms with Crippen LogP contribution in [0.15, 0.2) is 16.7 Å². The van der Waals surface area contributed by atoms with Crippen molar-refractivity contribution in [3.63, 3.8) is 0 Å². The van der Waals surface area contributed by atoms with Gasteiger partial charge in [-0.2, -0.15) is 0 Å². The van der Waals surface area contributed by atoms with Crippen LogP contribution in [-0.4, -0.2) is 14.5 Å². The van der Waals surface area contributed by atoms with Crippen molar-refractivity contribution in [2.75, 3.05) is 5.73 Å². The lowest BCUT2D eigenvalue weighted by Gasteiger charge is -2.19. The molecule has 0 saturated carbocycles. The lowest BCUT2D eigenvalue weighted by molar-refractivity contribution is 0.428. The number of aromatic nitrogens is 3. The maximum Gasteiger partial charge on any atom is 0.202 e. The van der Waals surface area contributed by atoms with E-state index >= 15 is 0 Å². The summed E-state index contributed by atoms with van der Waals surface area (Å²) in [4.78, 5) is 8.92.